The highest BCUT2D eigenvalue weighted by molar-refractivity contribution is 6.31. The number of piperazine rings is 1. The summed E-state index contributed by atoms with van der Waals surface area (Å²) >= 11 is 6.28. The van der Waals surface area contributed by atoms with Gasteiger partial charge in [-0.15, -0.1) is 0 Å². The molecular weight excluding hydrogens is 590 g/mol. The number of hydrogen-bond acceptors (Lipinski definition) is 6. The first kappa shape index (κ1) is 29.8. The van der Waals surface area contributed by atoms with Gasteiger partial charge in [-0.2, -0.15) is 18.4 Å². The lowest BCUT2D eigenvalue weighted by Crippen LogP contribution is -2.52. The fourth-order valence-corrected chi connectivity index (χ4v) is 5.15. The Balaban J connectivity index is 1.43. The SMILES string of the molecule is N#Cc1ccc(CC(c2cnc[nH]2)N2CCN(c3cc(Cl)ccc3-c3ccccc3OC(=O)C(F)(F)F)C(=O)C2)cc1F. The van der Waals surface area contributed by atoms with Crippen LogP contribution in [0.3, 0.4) is 0 Å². The number of alkyl halides is 3. The van der Waals surface area contributed by atoms with Crippen LogP contribution in [0.2, 0.25) is 5.02 Å². The van der Waals surface area contributed by atoms with Gasteiger partial charge in [0.25, 0.3) is 0 Å². The normalized spacial score (nSPS) is 14.8. The van der Waals surface area contributed by atoms with E-state index in [4.69, 9.17) is 16.9 Å². The second-order valence-electron chi connectivity index (χ2n) is 9.71. The molecule has 1 atom stereocenters. The Morgan fingerprint density at radius 3 is 2.58 bits per heavy atom. The number of ether oxygens (including phenoxy) is 1. The van der Waals surface area contributed by atoms with Crippen LogP contribution in [0.5, 0.6) is 5.75 Å². The van der Waals surface area contributed by atoms with Crippen molar-refractivity contribution in [3.05, 3.63) is 101 Å². The fraction of sp³-hybridized carbons (Fsp3) is 0.200. The minimum Gasteiger partial charge on any atom is -0.419 e. The Kier molecular flexibility index (Phi) is 8.47. The van der Waals surface area contributed by atoms with Gasteiger partial charge >= 0.3 is 12.1 Å². The molecule has 1 aromatic heterocycles. The van der Waals surface area contributed by atoms with Crippen LogP contribution in [0.1, 0.15) is 22.9 Å². The molecular formula is C30H22ClF4N5O3. The molecule has 4 aromatic rings. The number of carbonyl (C=O) groups is 2. The predicted molar refractivity (Wildman–Crippen MR) is 149 cm³/mol. The van der Waals surface area contributed by atoms with Gasteiger partial charge in [-0.05, 0) is 42.3 Å². The van der Waals surface area contributed by atoms with Gasteiger partial charge in [-0.3, -0.25) is 9.69 Å². The molecule has 1 amide bonds. The number of aromatic amines is 1. The Bertz CT molecular complexity index is 1700. The van der Waals surface area contributed by atoms with Crippen molar-refractivity contribution in [3.63, 3.8) is 0 Å². The van der Waals surface area contributed by atoms with E-state index in [1.165, 1.54) is 53.7 Å². The Morgan fingerprint density at radius 1 is 1.12 bits per heavy atom. The molecule has 0 radical (unpaired) electrons. The molecule has 13 heteroatoms. The average Bonchev–Trinajstić information content (AvgIpc) is 3.51. The minimum absolute atomic E-state index is 0.0564. The van der Waals surface area contributed by atoms with Crippen LogP contribution in [0.4, 0.5) is 23.2 Å². The van der Waals surface area contributed by atoms with E-state index in [9.17, 15) is 27.2 Å². The van der Waals surface area contributed by atoms with Crippen molar-refractivity contribution in [3.8, 4) is 22.9 Å². The first-order chi connectivity index (χ1) is 20.5. The van der Waals surface area contributed by atoms with Gasteiger partial charge in [0.05, 0.1) is 35.9 Å². The summed E-state index contributed by atoms with van der Waals surface area (Å²) in [6.45, 7) is 0.493. The van der Waals surface area contributed by atoms with Crippen molar-refractivity contribution in [2.75, 3.05) is 24.5 Å². The third-order valence-electron chi connectivity index (χ3n) is 7.01. The van der Waals surface area contributed by atoms with Crippen molar-refractivity contribution >= 4 is 29.2 Å². The maximum absolute atomic E-state index is 14.3. The average molecular weight is 612 g/mol. The number of halogens is 5. The zero-order valence-corrected chi connectivity index (χ0v) is 23.0. The summed E-state index contributed by atoms with van der Waals surface area (Å²) in [5.41, 5.74) is 2.09. The van der Waals surface area contributed by atoms with Gasteiger partial charge in [0.1, 0.15) is 17.6 Å². The number of benzene rings is 3. The lowest BCUT2D eigenvalue weighted by atomic mass is 9.99. The number of imidazole rings is 1. The van der Waals surface area contributed by atoms with E-state index in [2.05, 4.69) is 14.7 Å². The first-order valence-corrected chi connectivity index (χ1v) is 13.3. The van der Waals surface area contributed by atoms with Crippen molar-refractivity contribution in [1.82, 2.24) is 14.9 Å². The number of rotatable bonds is 7. The number of H-pyrrole nitrogens is 1. The summed E-state index contributed by atoms with van der Waals surface area (Å²) in [7, 11) is 0. The number of amides is 1. The van der Waals surface area contributed by atoms with Crippen molar-refractivity contribution in [2.24, 2.45) is 0 Å². The zero-order valence-electron chi connectivity index (χ0n) is 22.2. The molecule has 0 saturated carbocycles. The topological polar surface area (TPSA) is 102 Å². The molecule has 0 bridgehead atoms. The molecule has 220 valence electrons. The fourth-order valence-electron chi connectivity index (χ4n) is 4.99. The highest BCUT2D eigenvalue weighted by Gasteiger charge is 2.42. The van der Waals surface area contributed by atoms with E-state index in [1.54, 1.807) is 30.5 Å². The lowest BCUT2D eigenvalue weighted by molar-refractivity contribution is -0.189. The third kappa shape index (κ3) is 6.53. The quantitative estimate of drug-likeness (QED) is 0.160. The number of hydrogen-bond donors (Lipinski definition) is 1. The van der Waals surface area contributed by atoms with Gasteiger partial charge in [0.2, 0.25) is 5.91 Å². The highest BCUT2D eigenvalue weighted by Crippen LogP contribution is 2.40. The Hall–Kier alpha value is -4.73. The second-order valence-corrected chi connectivity index (χ2v) is 10.2. The number of nitrogens with one attached hydrogen (secondary N) is 1. The standard InChI is InChI=1S/C30H22ClF4N5O3/c31-20-7-8-21(22-3-1-2-4-27(22)43-29(42)30(33,34)35)25(13-20)40-10-9-39(16-28(40)41)26(24-15-37-17-38-24)12-18-5-6-19(14-36)23(32)11-18/h1-8,11,13,15,17,26H,9-10,12,16H2,(H,37,38). The van der Waals surface area contributed by atoms with E-state index in [-0.39, 0.29) is 46.9 Å². The van der Waals surface area contributed by atoms with Gasteiger partial charge in [-0.25, -0.2) is 14.2 Å². The first-order valence-electron chi connectivity index (χ1n) is 12.9. The van der Waals surface area contributed by atoms with E-state index in [1.807, 2.05) is 4.90 Å². The van der Waals surface area contributed by atoms with Gasteiger partial charge in [0.15, 0.2) is 0 Å². The Labute approximate surface area is 248 Å². The second kappa shape index (κ2) is 12.2. The molecule has 1 aliphatic heterocycles. The summed E-state index contributed by atoms with van der Waals surface area (Å²) < 4.78 is 57.9. The largest absolute Gasteiger partial charge is 0.491 e. The molecule has 0 aliphatic carbocycles. The molecule has 8 nitrogen and oxygen atoms in total. The summed E-state index contributed by atoms with van der Waals surface area (Å²) in [5.74, 6) is -3.66. The summed E-state index contributed by atoms with van der Waals surface area (Å²) in [6.07, 6.45) is -1.76. The summed E-state index contributed by atoms with van der Waals surface area (Å²) in [6, 6.07) is 16.1. The van der Waals surface area contributed by atoms with E-state index in [0.29, 0.717) is 35.5 Å². The van der Waals surface area contributed by atoms with Crippen LogP contribution >= 0.6 is 11.6 Å². The molecule has 1 N–H and O–H groups in total. The molecule has 1 aliphatic rings. The van der Waals surface area contributed by atoms with Crippen molar-refractivity contribution in [2.45, 2.75) is 18.6 Å². The smallest absolute Gasteiger partial charge is 0.419 e. The van der Waals surface area contributed by atoms with Crippen LogP contribution in [0.15, 0.2) is 73.2 Å². The van der Waals surface area contributed by atoms with Crippen LogP contribution in [0.25, 0.3) is 11.1 Å². The van der Waals surface area contributed by atoms with Gasteiger partial charge in [0, 0.05) is 35.4 Å². The van der Waals surface area contributed by atoms with Crippen LogP contribution in [-0.2, 0) is 16.0 Å². The van der Waals surface area contributed by atoms with Crippen molar-refractivity contribution in [1.29, 1.82) is 5.26 Å². The molecule has 1 unspecified atom stereocenters. The molecule has 5 rings (SSSR count). The third-order valence-corrected chi connectivity index (χ3v) is 7.25. The lowest BCUT2D eigenvalue weighted by Gasteiger charge is -2.39. The monoisotopic (exact) mass is 611 g/mol. The number of nitrogens with zero attached hydrogens (tertiary/aromatic N) is 4. The van der Waals surface area contributed by atoms with E-state index in [0.717, 1.165) is 0 Å². The number of nitriles is 1. The maximum atomic E-state index is 14.3. The molecule has 0 spiro atoms. The van der Waals surface area contributed by atoms with E-state index >= 15 is 0 Å². The summed E-state index contributed by atoms with van der Waals surface area (Å²) in [4.78, 5) is 35.8. The number of carbonyl (C=O) groups excluding carboxylic acids is 2. The number of anilines is 1. The predicted octanol–water partition coefficient (Wildman–Crippen LogP) is 5.84. The van der Waals surface area contributed by atoms with Gasteiger partial charge in [-0.1, -0.05) is 41.9 Å². The highest BCUT2D eigenvalue weighted by atomic mass is 35.5. The maximum Gasteiger partial charge on any atom is 0.491 e. The number of para-hydroxylation sites is 1. The van der Waals surface area contributed by atoms with Crippen molar-refractivity contribution < 1.29 is 31.9 Å². The van der Waals surface area contributed by atoms with Gasteiger partial charge < -0.3 is 14.6 Å². The molecule has 1 fully saturated rings. The van der Waals surface area contributed by atoms with E-state index < -0.39 is 18.0 Å². The molecule has 1 saturated heterocycles. The Morgan fingerprint density at radius 2 is 1.91 bits per heavy atom. The molecule has 3 aromatic carbocycles. The van der Waals surface area contributed by atoms with Crippen LogP contribution in [0, 0.1) is 17.1 Å². The number of aromatic nitrogens is 2. The molecule has 2 heterocycles. The number of esters is 1. The van der Waals surface area contributed by atoms with Crippen LogP contribution in [-0.4, -0.2) is 52.6 Å². The zero-order chi connectivity index (χ0) is 30.7. The molecule has 43 heavy (non-hydrogen) atoms. The summed E-state index contributed by atoms with van der Waals surface area (Å²) in [5, 5.41) is 9.35. The van der Waals surface area contributed by atoms with Crippen LogP contribution < -0.4 is 9.64 Å². The minimum atomic E-state index is -5.20.